The van der Waals surface area contributed by atoms with E-state index in [0.29, 0.717) is 30.3 Å². The van der Waals surface area contributed by atoms with Crippen LogP contribution in [0.2, 0.25) is 0 Å². The van der Waals surface area contributed by atoms with Crippen molar-refractivity contribution in [2.75, 3.05) is 32.7 Å². The summed E-state index contributed by atoms with van der Waals surface area (Å²) in [7, 11) is 3.01. The number of benzene rings is 1. The standard InChI is InChI=1S/C15H20N2O5/c1-20-10-5-6-12(13(8-10)21-2)17-15(19)14(18)16-9-11-4-3-7-22-11/h5-6,8,11H,3-4,7,9H2,1-2H3,(H,16,18)(H,17,19)/t11-/m1/s1. The minimum absolute atomic E-state index is 0.00716. The maximum atomic E-state index is 11.9. The summed E-state index contributed by atoms with van der Waals surface area (Å²) in [5.41, 5.74) is 0.403. The zero-order valence-electron chi connectivity index (χ0n) is 12.7. The Labute approximate surface area is 128 Å². The van der Waals surface area contributed by atoms with Gasteiger partial charge in [-0.25, -0.2) is 0 Å². The molecule has 1 aromatic carbocycles. The molecule has 1 fully saturated rings. The minimum atomic E-state index is -0.749. The molecule has 1 heterocycles. The van der Waals surface area contributed by atoms with Crippen molar-refractivity contribution in [2.45, 2.75) is 18.9 Å². The lowest BCUT2D eigenvalue weighted by Crippen LogP contribution is -2.39. The molecule has 7 heteroatoms. The van der Waals surface area contributed by atoms with Gasteiger partial charge in [0.05, 0.1) is 26.0 Å². The zero-order valence-corrected chi connectivity index (χ0v) is 12.7. The smallest absolute Gasteiger partial charge is 0.313 e. The Hall–Kier alpha value is -2.28. The van der Waals surface area contributed by atoms with E-state index in [0.717, 1.165) is 12.8 Å². The van der Waals surface area contributed by atoms with E-state index in [4.69, 9.17) is 14.2 Å². The summed E-state index contributed by atoms with van der Waals surface area (Å²) in [6, 6.07) is 4.91. The van der Waals surface area contributed by atoms with Gasteiger partial charge in [-0.15, -0.1) is 0 Å². The lowest BCUT2D eigenvalue weighted by atomic mass is 10.2. The fraction of sp³-hybridized carbons (Fsp3) is 0.467. The molecule has 2 rings (SSSR count). The number of methoxy groups -OCH3 is 2. The molecule has 7 nitrogen and oxygen atoms in total. The van der Waals surface area contributed by atoms with E-state index >= 15 is 0 Å². The van der Waals surface area contributed by atoms with Crippen LogP contribution in [0.4, 0.5) is 5.69 Å². The van der Waals surface area contributed by atoms with E-state index in [2.05, 4.69) is 10.6 Å². The summed E-state index contributed by atoms with van der Waals surface area (Å²) in [6.07, 6.45) is 1.87. The molecule has 1 saturated heterocycles. The number of hydrogen-bond donors (Lipinski definition) is 2. The van der Waals surface area contributed by atoms with Gasteiger partial charge >= 0.3 is 11.8 Å². The van der Waals surface area contributed by atoms with Crippen LogP contribution in [0.5, 0.6) is 11.5 Å². The van der Waals surface area contributed by atoms with Crippen LogP contribution >= 0.6 is 0 Å². The van der Waals surface area contributed by atoms with Crippen molar-refractivity contribution >= 4 is 17.5 Å². The normalized spacial score (nSPS) is 16.9. The number of nitrogens with one attached hydrogen (secondary N) is 2. The van der Waals surface area contributed by atoms with Gasteiger partial charge in [0.2, 0.25) is 0 Å². The average molecular weight is 308 g/mol. The van der Waals surface area contributed by atoms with E-state index in [-0.39, 0.29) is 6.10 Å². The molecule has 2 N–H and O–H groups in total. The molecule has 0 unspecified atom stereocenters. The van der Waals surface area contributed by atoms with E-state index in [1.165, 1.54) is 14.2 Å². The highest BCUT2D eigenvalue weighted by Gasteiger charge is 2.20. The quantitative estimate of drug-likeness (QED) is 0.791. The first kappa shape index (κ1) is 16.1. The van der Waals surface area contributed by atoms with Gasteiger partial charge in [0.25, 0.3) is 0 Å². The Balaban J connectivity index is 1.91. The number of amides is 2. The zero-order chi connectivity index (χ0) is 15.9. The molecule has 2 amide bonds. The van der Waals surface area contributed by atoms with Crippen LogP contribution in [0.1, 0.15) is 12.8 Å². The third-order valence-electron chi connectivity index (χ3n) is 3.38. The summed E-state index contributed by atoms with van der Waals surface area (Å²) in [5.74, 6) is -0.438. The molecule has 22 heavy (non-hydrogen) atoms. The van der Waals surface area contributed by atoms with Crippen LogP contribution in [0.15, 0.2) is 18.2 Å². The molecule has 1 aliphatic rings. The average Bonchev–Trinajstić information content (AvgIpc) is 3.06. The first-order chi connectivity index (χ1) is 10.6. The van der Waals surface area contributed by atoms with Crippen LogP contribution in [-0.4, -0.2) is 45.3 Å². The van der Waals surface area contributed by atoms with Crippen molar-refractivity contribution < 1.29 is 23.8 Å². The van der Waals surface area contributed by atoms with Crippen molar-refractivity contribution in [3.05, 3.63) is 18.2 Å². The van der Waals surface area contributed by atoms with Gasteiger partial charge in [-0.05, 0) is 25.0 Å². The van der Waals surface area contributed by atoms with Gasteiger partial charge in [-0.3, -0.25) is 9.59 Å². The number of ether oxygens (including phenoxy) is 3. The molecule has 1 aliphatic heterocycles. The molecule has 0 spiro atoms. The number of hydrogen-bond acceptors (Lipinski definition) is 5. The fourth-order valence-electron chi connectivity index (χ4n) is 2.17. The third-order valence-corrected chi connectivity index (χ3v) is 3.38. The summed E-state index contributed by atoms with van der Waals surface area (Å²) < 4.78 is 15.6. The first-order valence-corrected chi connectivity index (χ1v) is 7.07. The topological polar surface area (TPSA) is 85.9 Å². The van der Waals surface area contributed by atoms with Crippen LogP contribution in [0, 0.1) is 0 Å². The van der Waals surface area contributed by atoms with Crippen molar-refractivity contribution in [3.63, 3.8) is 0 Å². The van der Waals surface area contributed by atoms with Crippen LogP contribution in [0.3, 0.4) is 0 Å². The van der Waals surface area contributed by atoms with Gasteiger partial charge in [0.1, 0.15) is 11.5 Å². The second kappa shape index (κ2) is 7.65. The Morgan fingerprint density at radius 3 is 2.73 bits per heavy atom. The highest BCUT2D eigenvalue weighted by molar-refractivity contribution is 6.39. The molecular weight excluding hydrogens is 288 g/mol. The molecule has 0 bridgehead atoms. The van der Waals surface area contributed by atoms with Crippen LogP contribution in [0.25, 0.3) is 0 Å². The minimum Gasteiger partial charge on any atom is -0.497 e. The Bertz CT molecular complexity index is 541. The van der Waals surface area contributed by atoms with Gasteiger partial charge in [-0.1, -0.05) is 0 Å². The van der Waals surface area contributed by atoms with E-state index in [1.807, 2.05) is 0 Å². The maximum Gasteiger partial charge on any atom is 0.313 e. The van der Waals surface area contributed by atoms with E-state index in [1.54, 1.807) is 18.2 Å². The molecule has 0 saturated carbocycles. The van der Waals surface area contributed by atoms with E-state index in [9.17, 15) is 9.59 Å². The van der Waals surface area contributed by atoms with Gasteiger partial charge in [-0.2, -0.15) is 0 Å². The largest absolute Gasteiger partial charge is 0.497 e. The molecule has 1 atom stereocenters. The third kappa shape index (κ3) is 4.11. The summed E-state index contributed by atoms with van der Waals surface area (Å²) in [5, 5.41) is 5.08. The Morgan fingerprint density at radius 2 is 2.09 bits per heavy atom. The number of rotatable bonds is 5. The molecule has 0 aliphatic carbocycles. The van der Waals surface area contributed by atoms with Crippen LogP contribution in [-0.2, 0) is 14.3 Å². The predicted molar refractivity (Wildman–Crippen MR) is 80.2 cm³/mol. The van der Waals surface area contributed by atoms with Gasteiger partial charge in [0, 0.05) is 19.2 Å². The number of carbonyl (C=O) groups excluding carboxylic acids is 2. The Kier molecular flexibility index (Phi) is 5.60. The fourth-order valence-corrected chi connectivity index (χ4v) is 2.17. The number of anilines is 1. The lowest BCUT2D eigenvalue weighted by Gasteiger charge is -2.13. The molecular formula is C15H20N2O5. The van der Waals surface area contributed by atoms with Crippen molar-refractivity contribution in [1.29, 1.82) is 0 Å². The summed E-state index contributed by atoms with van der Waals surface area (Å²) in [4.78, 5) is 23.7. The maximum absolute atomic E-state index is 11.9. The van der Waals surface area contributed by atoms with Crippen molar-refractivity contribution in [1.82, 2.24) is 5.32 Å². The van der Waals surface area contributed by atoms with Crippen molar-refractivity contribution in [3.8, 4) is 11.5 Å². The van der Waals surface area contributed by atoms with Crippen LogP contribution < -0.4 is 20.1 Å². The molecule has 0 radical (unpaired) electrons. The van der Waals surface area contributed by atoms with Gasteiger partial charge in [0.15, 0.2) is 0 Å². The summed E-state index contributed by atoms with van der Waals surface area (Å²) >= 11 is 0. The predicted octanol–water partition coefficient (Wildman–Crippen LogP) is 0.937. The molecule has 1 aromatic rings. The van der Waals surface area contributed by atoms with Gasteiger partial charge < -0.3 is 24.8 Å². The SMILES string of the molecule is COc1ccc(NC(=O)C(=O)NC[C@H]2CCCO2)c(OC)c1. The first-order valence-electron chi connectivity index (χ1n) is 7.07. The number of carbonyl (C=O) groups is 2. The van der Waals surface area contributed by atoms with E-state index < -0.39 is 11.8 Å². The highest BCUT2D eigenvalue weighted by Crippen LogP contribution is 2.28. The van der Waals surface area contributed by atoms with Crippen molar-refractivity contribution in [2.24, 2.45) is 0 Å². The second-order valence-corrected chi connectivity index (χ2v) is 4.87. The Morgan fingerprint density at radius 1 is 1.27 bits per heavy atom. The lowest BCUT2D eigenvalue weighted by molar-refractivity contribution is -0.136. The second-order valence-electron chi connectivity index (χ2n) is 4.87. The summed E-state index contributed by atoms with van der Waals surface area (Å²) in [6.45, 7) is 1.04. The highest BCUT2D eigenvalue weighted by atomic mass is 16.5. The monoisotopic (exact) mass is 308 g/mol. The molecule has 120 valence electrons. The molecule has 0 aromatic heterocycles.